The minimum absolute atomic E-state index is 0.0400. The van der Waals surface area contributed by atoms with Gasteiger partial charge >= 0.3 is 5.97 Å². The van der Waals surface area contributed by atoms with E-state index in [0.29, 0.717) is 5.56 Å². The Kier molecular flexibility index (Phi) is 4.60. The van der Waals surface area contributed by atoms with E-state index in [1.807, 2.05) is 0 Å². The molecule has 2 aromatic rings. The molecule has 0 saturated carbocycles. The van der Waals surface area contributed by atoms with Gasteiger partial charge in [-0.2, -0.15) is 0 Å². The zero-order valence-electron chi connectivity index (χ0n) is 12.0. The fourth-order valence-electron chi connectivity index (χ4n) is 2.18. The van der Waals surface area contributed by atoms with Gasteiger partial charge < -0.3 is 14.8 Å². The van der Waals surface area contributed by atoms with Gasteiger partial charge in [-0.05, 0) is 36.2 Å². The van der Waals surface area contributed by atoms with Crippen LogP contribution >= 0.6 is 0 Å². The molecule has 1 aromatic carbocycles. The van der Waals surface area contributed by atoms with E-state index in [1.54, 1.807) is 13.0 Å². The topological polar surface area (TPSA) is 79.5 Å². The number of nitrogens with one attached hydrogen (secondary N) is 1. The van der Waals surface area contributed by atoms with Gasteiger partial charge in [-0.15, -0.1) is 0 Å². The van der Waals surface area contributed by atoms with E-state index in [9.17, 15) is 19.1 Å². The lowest BCUT2D eigenvalue weighted by atomic mass is 9.88. The summed E-state index contributed by atoms with van der Waals surface area (Å²) >= 11 is 0. The lowest BCUT2D eigenvalue weighted by Crippen LogP contribution is -2.55. The van der Waals surface area contributed by atoms with Crippen molar-refractivity contribution in [2.75, 3.05) is 0 Å². The van der Waals surface area contributed by atoms with Crippen LogP contribution < -0.4 is 5.32 Å². The first-order valence-electron chi connectivity index (χ1n) is 6.81. The van der Waals surface area contributed by atoms with E-state index in [2.05, 4.69) is 5.32 Å². The van der Waals surface area contributed by atoms with E-state index in [4.69, 9.17) is 4.42 Å². The average Bonchev–Trinajstić information content (AvgIpc) is 3.03. The van der Waals surface area contributed by atoms with Gasteiger partial charge in [0.1, 0.15) is 11.4 Å². The maximum Gasteiger partial charge on any atom is 0.329 e. The largest absolute Gasteiger partial charge is 0.479 e. The number of benzene rings is 1. The number of furan rings is 1. The van der Waals surface area contributed by atoms with Crippen molar-refractivity contribution in [3.63, 3.8) is 0 Å². The minimum Gasteiger partial charge on any atom is -0.479 e. The molecule has 1 amide bonds. The van der Waals surface area contributed by atoms with Crippen LogP contribution in [-0.4, -0.2) is 22.5 Å². The van der Waals surface area contributed by atoms with Gasteiger partial charge in [0.15, 0.2) is 5.76 Å². The molecule has 0 unspecified atom stereocenters. The summed E-state index contributed by atoms with van der Waals surface area (Å²) < 4.78 is 17.9. The van der Waals surface area contributed by atoms with Crippen LogP contribution in [0.15, 0.2) is 47.1 Å². The molecule has 1 heterocycles. The second kappa shape index (κ2) is 6.43. The Morgan fingerprint density at radius 3 is 2.45 bits per heavy atom. The van der Waals surface area contributed by atoms with Crippen LogP contribution in [-0.2, 0) is 11.2 Å². The normalized spacial score (nSPS) is 13.4. The van der Waals surface area contributed by atoms with Crippen molar-refractivity contribution in [1.29, 1.82) is 0 Å². The van der Waals surface area contributed by atoms with Crippen LogP contribution in [0, 0.1) is 5.82 Å². The van der Waals surface area contributed by atoms with Gasteiger partial charge in [-0.3, -0.25) is 4.79 Å². The van der Waals surface area contributed by atoms with Crippen molar-refractivity contribution in [3.8, 4) is 0 Å². The molecular formula is C16H16FNO4. The summed E-state index contributed by atoms with van der Waals surface area (Å²) in [5.74, 6) is -2.12. The van der Waals surface area contributed by atoms with Gasteiger partial charge in [0.2, 0.25) is 0 Å². The molecular weight excluding hydrogens is 289 g/mol. The third kappa shape index (κ3) is 3.33. The highest BCUT2D eigenvalue weighted by molar-refractivity contribution is 5.95. The van der Waals surface area contributed by atoms with Gasteiger partial charge in [-0.1, -0.05) is 19.1 Å². The first-order valence-corrected chi connectivity index (χ1v) is 6.81. The number of rotatable bonds is 6. The summed E-state index contributed by atoms with van der Waals surface area (Å²) in [6, 6.07) is 8.51. The van der Waals surface area contributed by atoms with Crippen molar-refractivity contribution in [2.45, 2.75) is 25.3 Å². The molecule has 0 saturated heterocycles. The van der Waals surface area contributed by atoms with E-state index in [0.717, 1.165) is 0 Å². The third-order valence-corrected chi connectivity index (χ3v) is 3.53. The Labute approximate surface area is 126 Å². The molecule has 5 nitrogen and oxygen atoms in total. The van der Waals surface area contributed by atoms with E-state index >= 15 is 0 Å². The molecule has 1 atom stereocenters. The zero-order valence-corrected chi connectivity index (χ0v) is 12.0. The fourth-order valence-corrected chi connectivity index (χ4v) is 2.18. The SMILES string of the molecule is CC[C@@](Cc1ccc(F)cc1)(NC(=O)c1ccco1)C(=O)O. The Morgan fingerprint density at radius 1 is 1.27 bits per heavy atom. The first-order chi connectivity index (χ1) is 10.5. The zero-order chi connectivity index (χ0) is 16.2. The van der Waals surface area contributed by atoms with Crippen LogP contribution in [0.2, 0.25) is 0 Å². The van der Waals surface area contributed by atoms with E-state index < -0.39 is 23.2 Å². The standard InChI is InChI=1S/C16H16FNO4/c1-2-16(15(20)21,10-11-5-7-12(17)8-6-11)18-14(19)13-4-3-9-22-13/h3-9H,2,10H2,1H3,(H,18,19)(H,20,21)/t16-/m0/s1. The lowest BCUT2D eigenvalue weighted by molar-refractivity contribution is -0.144. The van der Waals surface area contributed by atoms with Gasteiger partial charge in [0.05, 0.1) is 6.26 Å². The number of aliphatic carboxylic acids is 1. The van der Waals surface area contributed by atoms with Crippen molar-refractivity contribution in [1.82, 2.24) is 5.32 Å². The summed E-state index contributed by atoms with van der Waals surface area (Å²) in [6.07, 6.45) is 1.56. The molecule has 2 N–H and O–H groups in total. The van der Waals surface area contributed by atoms with Crippen LogP contribution in [0.1, 0.15) is 29.5 Å². The smallest absolute Gasteiger partial charge is 0.329 e. The molecule has 0 aliphatic carbocycles. The number of amides is 1. The number of hydrogen-bond acceptors (Lipinski definition) is 3. The Morgan fingerprint density at radius 2 is 1.95 bits per heavy atom. The molecule has 0 bridgehead atoms. The molecule has 22 heavy (non-hydrogen) atoms. The molecule has 6 heteroatoms. The predicted molar refractivity (Wildman–Crippen MR) is 76.9 cm³/mol. The van der Waals surface area contributed by atoms with Crippen LogP contribution in [0.25, 0.3) is 0 Å². The molecule has 2 rings (SSSR count). The van der Waals surface area contributed by atoms with Gasteiger partial charge in [0, 0.05) is 6.42 Å². The molecule has 116 valence electrons. The Balaban J connectivity index is 2.25. The number of halogens is 1. The number of carboxylic acid groups (broad SMARTS) is 1. The quantitative estimate of drug-likeness (QED) is 0.860. The summed E-state index contributed by atoms with van der Waals surface area (Å²) in [6.45, 7) is 1.67. The Bertz CT molecular complexity index is 651. The monoisotopic (exact) mass is 305 g/mol. The van der Waals surface area contributed by atoms with Crippen LogP contribution in [0.4, 0.5) is 4.39 Å². The number of carbonyl (C=O) groups excluding carboxylic acids is 1. The van der Waals surface area contributed by atoms with Crippen LogP contribution in [0.5, 0.6) is 0 Å². The maximum atomic E-state index is 13.0. The highest BCUT2D eigenvalue weighted by Gasteiger charge is 2.39. The third-order valence-electron chi connectivity index (χ3n) is 3.53. The molecule has 0 aliphatic heterocycles. The van der Waals surface area contributed by atoms with Crippen LogP contribution in [0.3, 0.4) is 0 Å². The van der Waals surface area contributed by atoms with Crippen molar-refractivity contribution >= 4 is 11.9 Å². The highest BCUT2D eigenvalue weighted by Crippen LogP contribution is 2.20. The second-order valence-corrected chi connectivity index (χ2v) is 4.98. The average molecular weight is 305 g/mol. The van der Waals surface area contributed by atoms with E-state index in [1.165, 1.54) is 36.6 Å². The first kappa shape index (κ1) is 15.8. The summed E-state index contributed by atoms with van der Waals surface area (Å²) in [5, 5.41) is 12.1. The fraction of sp³-hybridized carbons (Fsp3) is 0.250. The number of carbonyl (C=O) groups is 2. The molecule has 0 radical (unpaired) electrons. The second-order valence-electron chi connectivity index (χ2n) is 4.98. The molecule has 0 aliphatic rings. The summed E-state index contributed by atoms with van der Waals surface area (Å²) in [4.78, 5) is 23.8. The number of carboxylic acids is 1. The lowest BCUT2D eigenvalue weighted by Gasteiger charge is -2.29. The van der Waals surface area contributed by atoms with Gasteiger partial charge in [-0.25, -0.2) is 9.18 Å². The van der Waals surface area contributed by atoms with Crippen molar-refractivity contribution in [2.24, 2.45) is 0 Å². The molecule has 1 aromatic heterocycles. The van der Waals surface area contributed by atoms with Crippen molar-refractivity contribution < 1.29 is 23.5 Å². The highest BCUT2D eigenvalue weighted by atomic mass is 19.1. The molecule has 0 spiro atoms. The minimum atomic E-state index is -1.48. The van der Waals surface area contributed by atoms with Crippen molar-refractivity contribution in [3.05, 3.63) is 59.8 Å². The maximum absolute atomic E-state index is 13.0. The van der Waals surface area contributed by atoms with Gasteiger partial charge in [0.25, 0.3) is 5.91 Å². The Hall–Kier alpha value is -2.63. The van der Waals surface area contributed by atoms with E-state index in [-0.39, 0.29) is 18.6 Å². The number of hydrogen-bond donors (Lipinski definition) is 2. The summed E-state index contributed by atoms with van der Waals surface area (Å²) in [7, 11) is 0. The summed E-state index contributed by atoms with van der Waals surface area (Å²) in [5.41, 5.74) is -0.868. The molecule has 0 fully saturated rings. The predicted octanol–water partition coefficient (Wildman–Crippen LogP) is 2.62.